The van der Waals surface area contributed by atoms with Crippen LogP contribution in [0.2, 0.25) is 0 Å². The van der Waals surface area contributed by atoms with Crippen LogP contribution in [0.15, 0.2) is 0 Å². The Kier molecular flexibility index (Phi) is 6.43. The molecule has 148 valence electrons. The first-order valence-corrected chi connectivity index (χ1v) is 14.4. The minimum absolute atomic E-state index is 0.946. The van der Waals surface area contributed by atoms with Gasteiger partial charge in [0, 0.05) is 32.5 Å². The van der Waals surface area contributed by atoms with E-state index < -0.39 is 0 Å². The standard InChI is InChI=1S/C22H36OS3/c1-3-7-15-17(9-5-1)21-19(15)24-13-11-23-12-14-25-20-16-8-4-2-6-10-18(16)22(20)26-21/h15-22H,1-14H2. The van der Waals surface area contributed by atoms with Crippen molar-refractivity contribution in [2.24, 2.45) is 23.7 Å². The zero-order chi connectivity index (χ0) is 17.3. The molecule has 0 N–H and O–H groups in total. The van der Waals surface area contributed by atoms with E-state index >= 15 is 0 Å². The molecule has 1 aliphatic heterocycles. The molecule has 8 unspecified atom stereocenters. The minimum atomic E-state index is 0.946. The second-order valence-corrected chi connectivity index (χ2v) is 13.2. The van der Waals surface area contributed by atoms with E-state index in [0.717, 1.165) is 57.9 Å². The Morgan fingerprint density at radius 2 is 0.923 bits per heavy atom. The SMILES string of the molecule is C1CCC2C(CC1)C1SC3C4CCCCCC4C3SCCOCCSC21. The van der Waals surface area contributed by atoms with Crippen molar-refractivity contribution in [3.63, 3.8) is 0 Å². The van der Waals surface area contributed by atoms with Gasteiger partial charge in [-0.2, -0.15) is 35.3 Å². The molecule has 0 aromatic carbocycles. The van der Waals surface area contributed by atoms with E-state index in [1.807, 2.05) is 0 Å². The first-order chi connectivity index (χ1) is 12.9. The molecule has 4 heteroatoms. The van der Waals surface area contributed by atoms with Gasteiger partial charge in [0.15, 0.2) is 0 Å². The van der Waals surface area contributed by atoms with Crippen LogP contribution in [-0.2, 0) is 4.74 Å². The summed E-state index contributed by atoms with van der Waals surface area (Å²) in [5.74, 6) is 6.66. The molecule has 0 amide bonds. The maximum Gasteiger partial charge on any atom is 0.0557 e. The summed E-state index contributed by atoms with van der Waals surface area (Å²) in [5.41, 5.74) is 0. The Morgan fingerprint density at radius 1 is 0.500 bits per heavy atom. The van der Waals surface area contributed by atoms with E-state index in [1.54, 1.807) is 0 Å². The number of ether oxygens (including phenoxy) is 1. The van der Waals surface area contributed by atoms with Crippen molar-refractivity contribution in [2.75, 3.05) is 24.7 Å². The van der Waals surface area contributed by atoms with Crippen LogP contribution >= 0.6 is 35.3 Å². The first-order valence-electron chi connectivity index (χ1n) is 11.4. The van der Waals surface area contributed by atoms with Gasteiger partial charge in [-0.15, -0.1) is 0 Å². The lowest BCUT2D eigenvalue weighted by atomic mass is 9.69. The average molecular weight is 413 g/mol. The van der Waals surface area contributed by atoms with Crippen LogP contribution in [0.4, 0.5) is 0 Å². The second-order valence-electron chi connectivity index (χ2n) is 9.28. The Hall–Kier alpha value is 1.01. The van der Waals surface area contributed by atoms with Gasteiger partial charge in [-0.05, 0) is 49.4 Å². The van der Waals surface area contributed by atoms with Crippen LogP contribution in [0, 0.1) is 23.7 Å². The zero-order valence-electron chi connectivity index (χ0n) is 16.2. The molecule has 0 aromatic rings. The van der Waals surface area contributed by atoms with Crippen molar-refractivity contribution in [2.45, 2.75) is 85.2 Å². The lowest BCUT2D eigenvalue weighted by Crippen LogP contribution is -2.58. The molecule has 4 aliphatic carbocycles. The van der Waals surface area contributed by atoms with E-state index in [2.05, 4.69) is 35.3 Å². The van der Waals surface area contributed by atoms with E-state index in [9.17, 15) is 0 Å². The molecule has 0 radical (unpaired) electrons. The fourth-order valence-corrected chi connectivity index (χ4v) is 12.5. The molecule has 5 rings (SSSR count). The molecule has 26 heavy (non-hydrogen) atoms. The summed E-state index contributed by atoms with van der Waals surface area (Å²) >= 11 is 7.09. The van der Waals surface area contributed by atoms with E-state index in [0.29, 0.717) is 0 Å². The summed E-state index contributed by atoms with van der Waals surface area (Å²) in [7, 11) is 0. The fourth-order valence-electron chi connectivity index (χ4n) is 6.61. The average Bonchev–Trinajstić information content (AvgIpc) is 2.97. The van der Waals surface area contributed by atoms with Crippen molar-refractivity contribution < 1.29 is 4.74 Å². The summed E-state index contributed by atoms with van der Waals surface area (Å²) in [6, 6.07) is 0. The molecule has 0 spiro atoms. The molecule has 5 fully saturated rings. The van der Waals surface area contributed by atoms with Gasteiger partial charge in [-0.1, -0.05) is 38.5 Å². The van der Waals surface area contributed by atoms with E-state index in [-0.39, 0.29) is 0 Å². The highest BCUT2D eigenvalue weighted by Crippen LogP contribution is 2.61. The summed E-state index contributed by atoms with van der Waals surface area (Å²) < 4.78 is 5.99. The van der Waals surface area contributed by atoms with Gasteiger partial charge in [0.1, 0.15) is 0 Å². The Labute approximate surface area is 173 Å². The lowest BCUT2D eigenvalue weighted by molar-refractivity contribution is 0.158. The quantitative estimate of drug-likeness (QED) is 0.474. The van der Waals surface area contributed by atoms with Gasteiger partial charge in [-0.3, -0.25) is 0 Å². The van der Waals surface area contributed by atoms with Gasteiger partial charge >= 0.3 is 0 Å². The third-order valence-electron chi connectivity index (χ3n) is 7.98. The fraction of sp³-hybridized carbons (Fsp3) is 1.00. The zero-order valence-corrected chi connectivity index (χ0v) is 18.6. The van der Waals surface area contributed by atoms with Crippen molar-refractivity contribution >= 4 is 35.3 Å². The smallest absolute Gasteiger partial charge is 0.0557 e. The number of thioether (sulfide) groups is 3. The molecule has 1 heterocycles. The molecule has 5 aliphatic rings. The minimum Gasteiger partial charge on any atom is -0.380 e. The first kappa shape index (κ1) is 19.0. The molecule has 1 nitrogen and oxygen atoms in total. The van der Waals surface area contributed by atoms with Gasteiger partial charge in [-0.25, -0.2) is 0 Å². The summed E-state index contributed by atoms with van der Waals surface area (Å²) in [5, 5.41) is 3.84. The largest absolute Gasteiger partial charge is 0.380 e. The van der Waals surface area contributed by atoms with Gasteiger partial charge in [0.25, 0.3) is 0 Å². The normalized spacial score (nSPS) is 49.8. The van der Waals surface area contributed by atoms with Crippen LogP contribution in [0.25, 0.3) is 0 Å². The molecule has 8 atom stereocenters. The van der Waals surface area contributed by atoms with Crippen LogP contribution in [0.1, 0.15) is 64.2 Å². The van der Waals surface area contributed by atoms with Gasteiger partial charge in [0.2, 0.25) is 0 Å². The van der Waals surface area contributed by atoms with E-state index in [1.165, 1.54) is 75.7 Å². The highest BCUT2D eigenvalue weighted by molar-refractivity contribution is 8.06. The monoisotopic (exact) mass is 412 g/mol. The Bertz CT molecular complexity index is 432. The molecule has 0 aromatic heterocycles. The maximum atomic E-state index is 5.99. The molecular formula is C22H36OS3. The number of rotatable bonds is 0. The molecule has 1 saturated heterocycles. The summed E-state index contributed by atoms with van der Waals surface area (Å²) in [6.07, 6.45) is 15.1. The van der Waals surface area contributed by atoms with Crippen molar-refractivity contribution in [1.29, 1.82) is 0 Å². The predicted molar refractivity (Wildman–Crippen MR) is 119 cm³/mol. The highest BCUT2D eigenvalue weighted by atomic mass is 32.2. The van der Waals surface area contributed by atoms with Gasteiger partial charge in [0.05, 0.1) is 13.2 Å². The van der Waals surface area contributed by atoms with Crippen molar-refractivity contribution in [1.82, 2.24) is 0 Å². The Morgan fingerprint density at radius 3 is 1.38 bits per heavy atom. The number of hydrogen-bond acceptors (Lipinski definition) is 4. The summed E-state index contributed by atoms with van der Waals surface area (Å²) in [4.78, 5) is 0. The molecule has 0 bridgehead atoms. The van der Waals surface area contributed by atoms with E-state index in [4.69, 9.17) is 4.74 Å². The third-order valence-corrected chi connectivity index (χ3v) is 13.1. The third kappa shape index (κ3) is 3.63. The lowest BCUT2D eigenvalue weighted by Gasteiger charge is -2.58. The van der Waals surface area contributed by atoms with Crippen LogP contribution in [-0.4, -0.2) is 45.7 Å². The highest BCUT2D eigenvalue weighted by Gasteiger charge is 2.56. The van der Waals surface area contributed by atoms with Crippen LogP contribution in [0.5, 0.6) is 0 Å². The Balaban J connectivity index is 1.33. The topological polar surface area (TPSA) is 9.23 Å². The number of hydrogen-bond donors (Lipinski definition) is 0. The van der Waals surface area contributed by atoms with Crippen molar-refractivity contribution in [3.05, 3.63) is 0 Å². The van der Waals surface area contributed by atoms with Gasteiger partial charge < -0.3 is 4.74 Å². The van der Waals surface area contributed by atoms with Crippen molar-refractivity contribution in [3.8, 4) is 0 Å². The molecule has 4 saturated carbocycles. The summed E-state index contributed by atoms with van der Waals surface area (Å²) in [6.45, 7) is 1.97. The number of fused-ring (bicyclic) bond motifs is 8. The second kappa shape index (κ2) is 8.79. The maximum absolute atomic E-state index is 5.99. The molecular weight excluding hydrogens is 376 g/mol. The van der Waals surface area contributed by atoms with Crippen LogP contribution in [0.3, 0.4) is 0 Å². The van der Waals surface area contributed by atoms with Crippen LogP contribution < -0.4 is 0 Å². The predicted octanol–water partition coefficient (Wildman–Crippen LogP) is 6.11.